The summed E-state index contributed by atoms with van der Waals surface area (Å²) in [6, 6.07) is 5.43. The van der Waals surface area contributed by atoms with E-state index in [1.54, 1.807) is 30.7 Å². The third-order valence-electron chi connectivity index (χ3n) is 4.09. The Morgan fingerprint density at radius 1 is 1.26 bits per heavy atom. The number of rotatable bonds is 5. The largest absolute Gasteiger partial charge is 0.343 e. The summed E-state index contributed by atoms with van der Waals surface area (Å²) in [5.74, 6) is 0.599. The summed E-state index contributed by atoms with van der Waals surface area (Å²) in [5.41, 5.74) is 3.18. The summed E-state index contributed by atoms with van der Waals surface area (Å²) in [6.07, 6.45) is 5.06. The molecule has 0 fully saturated rings. The molecule has 4 aromatic heterocycles. The van der Waals surface area contributed by atoms with Gasteiger partial charge in [-0.25, -0.2) is 4.98 Å². The highest BCUT2D eigenvalue weighted by atomic mass is 32.1. The van der Waals surface area contributed by atoms with Crippen molar-refractivity contribution in [1.29, 1.82) is 0 Å². The van der Waals surface area contributed by atoms with Gasteiger partial charge in [0.2, 0.25) is 11.7 Å². The van der Waals surface area contributed by atoms with Gasteiger partial charge in [0.05, 0.1) is 12.1 Å². The van der Waals surface area contributed by atoms with Crippen molar-refractivity contribution in [3.63, 3.8) is 0 Å². The topological polar surface area (TPSA) is 98.7 Å². The average molecular weight is 380 g/mol. The standard InChI is InChI=1S/C18H16N6O2S/c1-11-9-14(12(2)24(11)18-20-7-8-27-18)17(25)21-10-15-22-16(23-26-15)13-3-5-19-6-4-13/h3-9H,10H2,1-2H3,(H,21,25). The number of pyridine rings is 1. The van der Waals surface area contributed by atoms with E-state index in [9.17, 15) is 4.79 Å². The van der Waals surface area contributed by atoms with Crippen LogP contribution in [0.2, 0.25) is 0 Å². The molecular formula is C18H16N6O2S. The molecule has 8 nitrogen and oxygen atoms in total. The lowest BCUT2D eigenvalue weighted by Gasteiger charge is -2.05. The molecule has 4 heterocycles. The van der Waals surface area contributed by atoms with Crippen molar-refractivity contribution in [2.75, 3.05) is 0 Å². The number of hydrogen-bond acceptors (Lipinski definition) is 7. The van der Waals surface area contributed by atoms with Gasteiger partial charge in [0.1, 0.15) is 0 Å². The number of nitrogens with one attached hydrogen (secondary N) is 1. The highest BCUT2D eigenvalue weighted by Gasteiger charge is 2.18. The predicted octanol–water partition coefficient (Wildman–Crippen LogP) is 2.93. The van der Waals surface area contributed by atoms with Crippen LogP contribution in [-0.4, -0.2) is 30.6 Å². The van der Waals surface area contributed by atoms with Crippen molar-refractivity contribution in [3.8, 4) is 16.5 Å². The van der Waals surface area contributed by atoms with Crippen LogP contribution in [0.5, 0.6) is 0 Å². The Morgan fingerprint density at radius 2 is 2.07 bits per heavy atom. The summed E-state index contributed by atoms with van der Waals surface area (Å²) in [5, 5.41) is 9.50. The number of aromatic nitrogens is 5. The van der Waals surface area contributed by atoms with Crippen LogP contribution in [-0.2, 0) is 6.54 Å². The Balaban J connectivity index is 1.48. The van der Waals surface area contributed by atoms with Gasteiger partial charge in [-0.1, -0.05) is 5.16 Å². The molecule has 9 heteroatoms. The van der Waals surface area contributed by atoms with Crippen LogP contribution < -0.4 is 5.32 Å². The molecule has 27 heavy (non-hydrogen) atoms. The van der Waals surface area contributed by atoms with E-state index in [-0.39, 0.29) is 12.5 Å². The van der Waals surface area contributed by atoms with Crippen LogP contribution in [0.3, 0.4) is 0 Å². The van der Waals surface area contributed by atoms with E-state index in [2.05, 4.69) is 25.4 Å². The number of aryl methyl sites for hydroxylation is 1. The average Bonchev–Trinajstić information content (AvgIpc) is 3.41. The Labute approximate surface area is 158 Å². The number of amides is 1. The van der Waals surface area contributed by atoms with Gasteiger partial charge in [-0.2, -0.15) is 4.98 Å². The zero-order valence-electron chi connectivity index (χ0n) is 14.7. The van der Waals surface area contributed by atoms with Crippen LogP contribution in [0, 0.1) is 13.8 Å². The molecule has 0 radical (unpaired) electrons. The first-order valence-corrected chi connectivity index (χ1v) is 9.11. The van der Waals surface area contributed by atoms with Crippen molar-refractivity contribution in [2.24, 2.45) is 0 Å². The molecule has 4 aromatic rings. The second kappa shape index (κ2) is 7.12. The Bertz CT molecular complexity index is 1070. The Kier molecular flexibility index (Phi) is 4.51. The lowest BCUT2D eigenvalue weighted by Crippen LogP contribution is -2.23. The molecular weight excluding hydrogens is 364 g/mol. The van der Waals surface area contributed by atoms with Gasteiger partial charge in [0.25, 0.3) is 5.91 Å². The molecule has 0 saturated carbocycles. The maximum absolute atomic E-state index is 12.6. The molecule has 0 spiro atoms. The monoisotopic (exact) mass is 380 g/mol. The molecule has 0 atom stereocenters. The second-order valence-corrected chi connectivity index (χ2v) is 6.74. The first-order valence-electron chi connectivity index (χ1n) is 8.23. The van der Waals surface area contributed by atoms with E-state index in [1.807, 2.05) is 29.9 Å². The molecule has 0 aromatic carbocycles. The normalized spacial score (nSPS) is 10.9. The van der Waals surface area contributed by atoms with E-state index < -0.39 is 0 Å². The van der Waals surface area contributed by atoms with Crippen LogP contribution in [0.1, 0.15) is 27.6 Å². The molecule has 4 rings (SSSR count). The minimum atomic E-state index is -0.199. The van der Waals surface area contributed by atoms with Gasteiger partial charge in [-0.05, 0) is 32.0 Å². The molecule has 0 aliphatic rings. The number of carbonyl (C=O) groups is 1. The number of thiazole rings is 1. The quantitative estimate of drug-likeness (QED) is 0.571. The van der Waals surface area contributed by atoms with E-state index in [4.69, 9.17) is 4.52 Å². The molecule has 136 valence electrons. The van der Waals surface area contributed by atoms with E-state index in [0.717, 1.165) is 22.1 Å². The number of nitrogens with zero attached hydrogens (tertiary/aromatic N) is 5. The van der Waals surface area contributed by atoms with Crippen LogP contribution in [0.15, 0.2) is 46.7 Å². The maximum atomic E-state index is 12.6. The Morgan fingerprint density at radius 3 is 2.81 bits per heavy atom. The molecule has 0 bridgehead atoms. The fraction of sp³-hybridized carbons (Fsp3) is 0.167. The second-order valence-electron chi connectivity index (χ2n) is 5.87. The molecule has 0 aliphatic carbocycles. The van der Waals surface area contributed by atoms with Gasteiger partial charge < -0.3 is 9.84 Å². The zero-order chi connectivity index (χ0) is 18.8. The highest BCUT2D eigenvalue weighted by molar-refractivity contribution is 7.12. The summed E-state index contributed by atoms with van der Waals surface area (Å²) >= 11 is 1.52. The van der Waals surface area contributed by atoms with Crippen molar-refractivity contribution >= 4 is 17.2 Å². The first-order chi connectivity index (χ1) is 13.1. The van der Waals surface area contributed by atoms with E-state index >= 15 is 0 Å². The smallest absolute Gasteiger partial charge is 0.253 e. The molecule has 0 saturated heterocycles. The highest BCUT2D eigenvalue weighted by Crippen LogP contribution is 2.22. The lowest BCUT2D eigenvalue weighted by molar-refractivity contribution is 0.0945. The van der Waals surface area contributed by atoms with Gasteiger partial charge in [-0.3, -0.25) is 14.3 Å². The lowest BCUT2D eigenvalue weighted by atomic mass is 10.2. The molecule has 0 unspecified atom stereocenters. The van der Waals surface area contributed by atoms with Crippen LogP contribution >= 0.6 is 11.3 Å². The van der Waals surface area contributed by atoms with Crippen molar-refractivity contribution in [2.45, 2.75) is 20.4 Å². The summed E-state index contributed by atoms with van der Waals surface area (Å²) in [4.78, 5) is 25.2. The van der Waals surface area contributed by atoms with Crippen LogP contribution in [0.25, 0.3) is 16.5 Å². The van der Waals surface area contributed by atoms with E-state index in [0.29, 0.717) is 17.3 Å². The minimum absolute atomic E-state index is 0.151. The van der Waals surface area contributed by atoms with Gasteiger partial charge >= 0.3 is 0 Å². The summed E-state index contributed by atoms with van der Waals surface area (Å²) in [6.45, 7) is 4.00. The first kappa shape index (κ1) is 17.1. The minimum Gasteiger partial charge on any atom is -0.343 e. The third kappa shape index (κ3) is 3.36. The van der Waals surface area contributed by atoms with Gasteiger partial charge in [-0.15, -0.1) is 11.3 Å². The number of hydrogen-bond donors (Lipinski definition) is 1. The number of carbonyl (C=O) groups excluding carboxylic acids is 1. The van der Waals surface area contributed by atoms with Gasteiger partial charge in [0, 0.05) is 40.9 Å². The summed E-state index contributed by atoms with van der Waals surface area (Å²) in [7, 11) is 0. The van der Waals surface area contributed by atoms with Crippen molar-refractivity contribution in [1.82, 2.24) is 30.0 Å². The fourth-order valence-corrected chi connectivity index (χ4v) is 3.56. The van der Waals surface area contributed by atoms with Gasteiger partial charge in [0.15, 0.2) is 5.13 Å². The molecule has 1 N–H and O–H groups in total. The Hall–Kier alpha value is -3.33. The molecule has 0 aliphatic heterocycles. The maximum Gasteiger partial charge on any atom is 0.253 e. The van der Waals surface area contributed by atoms with Crippen molar-refractivity contribution in [3.05, 3.63) is 65.0 Å². The summed E-state index contributed by atoms with van der Waals surface area (Å²) < 4.78 is 7.18. The predicted molar refractivity (Wildman–Crippen MR) is 99.6 cm³/mol. The zero-order valence-corrected chi connectivity index (χ0v) is 15.5. The fourth-order valence-electron chi connectivity index (χ4n) is 2.81. The third-order valence-corrected chi connectivity index (χ3v) is 4.85. The van der Waals surface area contributed by atoms with E-state index in [1.165, 1.54) is 11.3 Å². The van der Waals surface area contributed by atoms with Crippen molar-refractivity contribution < 1.29 is 9.32 Å². The van der Waals surface area contributed by atoms with Crippen LogP contribution in [0.4, 0.5) is 0 Å². The molecule has 1 amide bonds. The SMILES string of the molecule is Cc1cc(C(=O)NCc2nc(-c3ccncc3)no2)c(C)n1-c1nccs1.